The van der Waals surface area contributed by atoms with Gasteiger partial charge in [-0.3, -0.25) is 9.59 Å². The first-order valence-corrected chi connectivity index (χ1v) is 7.89. The molecule has 1 saturated carbocycles. The molecule has 0 aliphatic heterocycles. The third-order valence-corrected chi connectivity index (χ3v) is 5.13. The van der Waals surface area contributed by atoms with Crippen molar-refractivity contribution in [1.82, 2.24) is 4.90 Å². The average Bonchev–Trinajstić information content (AvgIpc) is 2.83. The second-order valence-corrected chi connectivity index (χ2v) is 6.56. The van der Waals surface area contributed by atoms with E-state index in [1.54, 1.807) is 23.3 Å². The van der Waals surface area contributed by atoms with Crippen LogP contribution in [0.1, 0.15) is 36.1 Å². The van der Waals surface area contributed by atoms with E-state index in [0.29, 0.717) is 19.4 Å². The molecule has 110 valence electrons. The van der Waals surface area contributed by atoms with Crippen LogP contribution < -0.4 is 0 Å². The standard InChI is InChI=1S/C15H21NO3S/c1-10-7-8-20-13(10)9-16(2)14(17)11-5-3-4-6-12(11)15(18)19/h7-8,11-12H,3-6,9H2,1-2H3,(H,18,19). The van der Waals surface area contributed by atoms with Crippen molar-refractivity contribution in [2.75, 3.05) is 7.05 Å². The van der Waals surface area contributed by atoms with Gasteiger partial charge < -0.3 is 10.0 Å². The second kappa shape index (κ2) is 6.39. The second-order valence-electron chi connectivity index (χ2n) is 5.56. The minimum atomic E-state index is -0.830. The molecule has 0 aromatic carbocycles. The summed E-state index contributed by atoms with van der Waals surface area (Å²) in [6.07, 6.45) is 3.18. The third-order valence-electron chi connectivity index (χ3n) is 4.13. The number of amides is 1. The maximum atomic E-state index is 12.5. The van der Waals surface area contributed by atoms with Gasteiger partial charge >= 0.3 is 5.97 Å². The molecule has 1 heterocycles. The van der Waals surface area contributed by atoms with Gasteiger partial charge in [-0.15, -0.1) is 11.3 Å². The number of carboxylic acids is 1. The summed E-state index contributed by atoms with van der Waals surface area (Å²) in [6.45, 7) is 2.61. The lowest BCUT2D eigenvalue weighted by Gasteiger charge is -2.31. The lowest BCUT2D eigenvalue weighted by atomic mass is 9.78. The van der Waals surface area contributed by atoms with E-state index in [1.165, 1.54) is 10.4 Å². The summed E-state index contributed by atoms with van der Waals surface area (Å²) in [4.78, 5) is 26.7. The van der Waals surface area contributed by atoms with Crippen LogP contribution in [0.2, 0.25) is 0 Å². The zero-order valence-corrected chi connectivity index (χ0v) is 12.8. The van der Waals surface area contributed by atoms with Gasteiger partial charge in [-0.25, -0.2) is 0 Å². The van der Waals surface area contributed by atoms with Crippen molar-refractivity contribution in [2.45, 2.75) is 39.2 Å². The van der Waals surface area contributed by atoms with Crippen LogP contribution in [0.3, 0.4) is 0 Å². The van der Waals surface area contributed by atoms with Crippen LogP contribution in [0.25, 0.3) is 0 Å². The van der Waals surface area contributed by atoms with E-state index in [9.17, 15) is 14.7 Å². The fraction of sp³-hybridized carbons (Fsp3) is 0.600. The van der Waals surface area contributed by atoms with Gasteiger partial charge in [0.05, 0.1) is 18.4 Å². The molecular weight excluding hydrogens is 274 g/mol. The molecule has 0 radical (unpaired) electrons. The molecule has 1 amide bonds. The van der Waals surface area contributed by atoms with Crippen LogP contribution in [-0.4, -0.2) is 28.9 Å². The lowest BCUT2D eigenvalue weighted by Crippen LogP contribution is -2.40. The van der Waals surface area contributed by atoms with Crippen molar-refractivity contribution in [3.8, 4) is 0 Å². The van der Waals surface area contributed by atoms with Crippen molar-refractivity contribution in [2.24, 2.45) is 11.8 Å². The molecule has 4 nitrogen and oxygen atoms in total. The van der Waals surface area contributed by atoms with Gasteiger partial charge in [0, 0.05) is 11.9 Å². The Kier molecular flexibility index (Phi) is 4.81. The summed E-state index contributed by atoms with van der Waals surface area (Å²) in [6, 6.07) is 2.04. The minimum Gasteiger partial charge on any atom is -0.481 e. The highest BCUT2D eigenvalue weighted by molar-refractivity contribution is 7.10. The maximum Gasteiger partial charge on any atom is 0.307 e. The highest BCUT2D eigenvalue weighted by Crippen LogP contribution is 2.32. The van der Waals surface area contributed by atoms with E-state index < -0.39 is 11.9 Å². The molecule has 0 saturated heterocycles. The summed E-state index contributed by atoms with van der Waals surface area (Å²) >= 11 is 1.64. The quantitative estimate of drug-likeness (QED) is 0.929. The molecule has 2 rings (SSSR count). The van der Waals surface area contributed by atoms with Crippen LogP contribution in [0, 0.1) is 18.8 Å². The van der Waals surface area contributed by atoms with E-state index in [2.05, 4.69) is 0 Å². The van der Waals surface area contributed by atoms with E-state index in [0.717, 1.165) is 12.8 Å². The molecule has 1 aliphatic carbocycles. The van der Waals surface area contributed by atoms with Gasteiger partial charge in [0.25, 0.3) is 0 Å². The Hall–Kier alpha value is -1.36. The van der Waals surface area contributed by atoms with E-state index in [4.69, 9.17) is 0 Å². The molecular formula is C15H21NO3S. The highest BCUT2D eigenvalue weighted by Gasteiger charge is 2.37. The lowest BCUT2D eigenvalue weighted by molar-refractivity contribution is -0.152. The summed E-state index contributed by atoms with van der Waals surface area (Å²) in [5.41, 5.74) is 1.19. The Bertz CT molecular complexity index is 497. The summed E-state index contributed by atoms with van der Waals surface area (Å²) in [7, 11) is 1.77. The first kappa shape index (κ1) is 15.0. The molecule has 1 fully saturated rings. The van der Waals surface area contributed by atoms with E-state index in [-0.39, 0.29) is 11.8 Å². The van der Waals surface area contributed by atoms with Crippen molar-refractivity contribution < 1.29 is 14.7 Å². The molecule has 5 heteroatoms. The van der Waals surface area contributed by atoms with Crippen LogP contribution >= 0.6 is 11.3 Å². The molecule has 1 aliphatic rings. The minimum absolute atomic E-state index is 0.0232. The van der Waals surface area contributed by atoms with Crippen molar-refractivity contribution in [3.05, 3.63) is 21.9 Å². The molecule has 2 atom stereocenters. The first-order chi connectivity index (χ1) is 9.50. The molecule has 1 aromatic heterocycles. The summed E-state index contributed by atoms with van der Waals surface area (Å²) in [5, 5.41) is 11.3. The highest BCUT2D eigenvalue weighted by atomic mass is 32.1. The Morgan fingerprint density at radius 2 is 2.00 bits per heavy atom. The molecule has 1 aromatic rings. The largest absolute Gasteiger partial charge is 0.481 e. The fourth-order valence-electron chi connectivity index (χ4n) is 2.86. The van der Waals surface area contributed by atoms with Gasteiger partial charge in [-0.2, -0.15) is 0 Å². The number of hydrogen-bond acceptors (Lipinski definition) is 3. The van der Waals surface area contributed by atoms with Gasteiger partial charge in [-0.05, 0) is 36.8 Å². The van der Waals surface area contributed by atoms with Crippen molar-refractivity contribution in [3.63, 3.8) is 0 Å². The maximum absolute atomic E-state index is 12.5. The number of carbonyl (C=O) groups excluding carboxylic acids is 1. The Labute approximate surface area is 123 Å². The monoisotopic (exact) mass is 295 g/mol. The van der Waals surface area contributed by atoms with Crippen molar-refractivity contribution >= 4 is 23.2 Å². The topological polar surface area (TPSA) is 57.6 Å². The Morgan fingerprint density at radius 3 is 2.55 bits per heavy atom. The number of carboxylic acid groups (broad SMARTS) is 1. The fourth-order valence-corrected chi connectivity index (χ4v) is 3.82. The predicted octanol–water partition coefficient (Wildman–Crippen LogP) is 2.91. The van der Waals surface area contributed by atoms with Crippen LogP contribution in [0.15, 0.2) is 11.4 Å². The molecule has 1 N–H and O–H groups in total. The number of aryl methyl sites for hydroxylation is 1. The first-order valence-electron chi connectivity index (χ1n) is 7.01. The summed E-state index contributed by atoms with van der Waals surface area (Å²) < 4.78 is 0. The number of thiophene rings is 1. The van der Waals surface area contributed by atoms with Gasteiger partial charge in [-0.1, -0.05) is 12.8 Å². The SMILES string of the molecule is Cc1ccsc1CN(C)C(=O)C1CCCCC1C(=O)O. The molecule has 20 heavy (non-hydrogen) atoms. The predicted molar refractivity (Wildman–Crippen MR) is 78.6 cm³/mol. The van der Waals surface area contributed by atoms with Crippen LogP contribution in [0.5, 0.6) is 0 Å². The number of carbonyl (C=O) groups is 2. The number of nitrogens with zero attached hydrogens (tertiary/aromatic N) is 1. The molecule has 0 spiro atoms. The van der Waals surface area contributed by atoms with Gasteiger partial charge in [0.1, 0.15) is 0 Å². The smallest absolute Gasteiger partial charge is 0.307 e. The van der Waals surface area contributed by atoms with E-state index >= 15 is 0 Å². The Morgan fingerprint density at radius 1 is 1.35 bits per heavy atom. The van der Waals surface area contributed by atoms with Crippen LogP contribution in [0.4, 0.5) is 0 Å². The van der Waals surface area contributed by atoms with Gasteiger partial charge in [0.2, 0.25) is 5.91 Å². The number of hydrogen-bond donors (Lipinski definition) is 1. The number of rotatable bonds is 4. The van der Waals surface area contributed by atoms with Crippen molar-refractivity contribution in [1.29, 1.82) is 0 Å². The van der Waals surface area contributed by atoms with Gasteiger partial charge in [0.15, 0.2) is 0 Å². The van der Waals surface area contributed by atoms with E-state index in [1.807, 2.05) is 18.4 Å². The molecule has 2 unspecified atom stereocenters. The zero-order chi connectivity index (χ0) is 14.7. The normalized spacial score (nSPS) is 22.5. The molecule has 0 bridgehead atoms. The Balaban J connectivity index is 2.05. The number of aliphatic carboxylic acids is 1. The zero-order valence-electron chi connectivity index (χ0n) is 12.0. The van der Waals surface area contributed by atoms with Crippen LogP contribution in [-0.2, 0) is 16.1 Å². The third kappa shape index (κ3) is 3.20. The summed E-state index contributed by atoms with van der Waals surface area (Å²) in [5.74, 6) is -1.72. The average molecular weight is 295 g/mol.